The zero-order valence-electron chi connectivity index (χ0n) is 6.48. The van der Waals surface area contributed by atoms with Gasteiger partial charge in [-0.3, -0.25) is 9.78 Å². The molecule has 0 saturated heterocycles. The zero-order valence-corrected chi connectivity index (χ0v) is 6.48. The minimum atomic E-state index is -0.290. The minimum absolute atomic E-state index is 0.259. The molecule has 0 atom stereocenters. The van der Waals surface area contributed by atoms with E-state index >= 15 is 0 Å². The summed E-state index contributed by atoms with van der Waals surface area (Å²) >= 11 is 0. The molecule has 2 aromatic rings. The molecule has 2 aromatic heterocycles. The average molecular weight is 172 g/mol. The lowest BCUT2D eigenvalue weighted by Crippen LogP contribution is -2.07. The van der Waals surface area contributed by atoms with Gasteiger partial charge in [-0.15, -0.1) is 0 Å². The van der Waals surface area contributed by atoms with Crippen molar-refractivity contribution in [1.82, 2.24) is 15.0 Å². The number of nitrogens with one attached hydrogen (secondary N) is 1. The van der Waals surface area contributed by atoms with Crippen molar-refractivity contribution in [1.29, 1.82) is 0 Å². The number of aromatic amines is 1. The first-order chi connectivity index (χ1) is 6.31. The van der Waals surface area contributed by atoms with Gasteiger partial charge in [0.1, 0.15) is 0 Å². The molecule has 0 fully saturated rings. The maximum absolute atomic E-state index is 11.1. The maximum Gasteiger partial charge on any atom is 0.277 e. The number of fused-ring (bicyclic) bond motifs is 1. The Morgan fingerprint density at radius 1 is 1.46 bits per heavy atom. The summed E-state index contributed by atoms with van der Waals surface area (Å²) in [6.07, 6.45) is 2.65. The number of hydrogen-bond donors (Lipinski definition) is 1. The molecule has 0 aliphatic carbocycles. The smallest absolute Gasteiger partial charge is 0.277 e. The van der Waals surface area contributed by atoms with Crippen molar-refractivity contribution in [2.45, 2.75) is 0 Å². The fourth-order valence-corrected chi connectivity index (χ4v) is 1.01. The highest BCUT2D eigenvalue weighted by Crippen LogP contribution is 2.13. The van der Waals surface area contributed by atoms with E-state index < -0.39 is 0 Å². The maximum atomic E-state index is 11.1. The minimum Gasteiger partial charge on any atom is -0.311 e. The van der Waals surface area contributed by atoms with Crippen LogP contribution in [0.5, 0.6) is 0 Å². The molecule has 1 N–H and O–H groups in total. The van der Waals surface area contributed by atoms with E-state index in [4.69, 9.17) is 6.57 Å². The van der Waals surface area contributed by atoms with E-state index in [1.54, 1.807) is 0 Å². The predicted molar refractivity (Wildman–Crippen MR) is 46.4 cm³/mol. The molecule has 2 heterocycles. The molecular formula is C8H4N4O. The predicted octanol–water partition coefficient (Wildman–Crippen LogP) is 0.869. The van der Waals surface area contributed by atoms with Crippen molar-refractivity contribution in [2.24, 2.45) is 0 Å². The van der Waals surface area contributed by atoms with Gasteiger partial charge in [-0.2, -0.15) is 0 Å². The molecule has 5 heteroatoms. The van der Waals surface area contributed by atoms with Crippen molar-refractivity contribution >= 4 is 16.7 Å². The molecule has 13 heavy (non-hydrogen) atoms. The van der Waals surface area contributed by atoms with Gasteiger partial charge in [0, 0.05) is 6.20 Å². The van der Waals surface area contributed by atoms with Crippen LogP contribution in [0.25, 0.3) is 15.9 Å². The van der Waals surface area contributed by atoms with Crippen molar-refractivity contribution in [3.63, 3.8) is 0 Å². The lowest BCUT2D eigenvalue weighted by molar-refractivity contribution is 1.15. The topological polar surface area (TPSA) is 63.0 Å². The second kappa shape index (κ2) is 2.68. The Kier molecular flexibility index (Phi) is 1.53. The number of pyridine rings is 1. The van der Waals surface area contributed by atoms with Crippen LogP contribution in [0.1, 0.15) is 0 Å². The van der Waals surface area contributed by atoms with E-state index in [0.717, 1.165) is 0 Å². The quantitative estimate of drug-likeness (QED) is 0.599. The van der Waals surface area contributed by atoms with Crippen LogP contribution >= 0.6 is 0 Å². The highest BCUT2D eigenvalue weighted by Gasteiger charge is 2.00. The molecule has 0 bridgehead atoms. The van der Waals surface area contributed by atoms with Crippen molar-refractivity contribution < 1.29 is 0 Å². The third-order valence-electron chi connectivity index (χ3n) is 1.60. The van der Waals surface area contributed by atoms with Gasteiger partial charge in [0.25, 0.3) is 5.56 Å². The molecule has 2 rings (SSSR count). The summed E-state index contributed by atoms with van der Waals surface area (Å²) in [6, 6.07) is 1.53. The van der Waals surface area contributed by atoms with Gasteiger partial charge in [0.2, 0.25) is 5.69 Å². The van der Waals surface area contributed by atoms with Crippen molar-refractivity contribution in [2.75, 3.05) is 0 Å². The Balaban J connectivity index is 2.90. The van der Waals surface area contributed by atoms with Gasteiger partial charge in [-0.1, -0.05) is 0 Å². The molecule has 0 spiro atoms. The zero-order chi connectivity index (χ0) is 9.26. The van der Waals surface area contributed by atoms with Gasteiger partial charge in [0.05, 0.1) is 18.4 Å². The fourth-order valence-electron chi connectivity index (χ4n) is 1.01. The summed E-state index contributed by atoms with van der Waals surface area (Å²) in [4.78, 5) is 24.5. The SMILES string of the molecule is [C-]#[N+]c1cnc2c(=O)[nH]cnc2c1. The second-order valence-corrected chi connectivity index (χ2v) is 2.40. The van der Waals surface area contributed by atoms with Crippen LogP contribution in [0.3, 0.4) is 0 Å². The summed E-state index contributed by atoms with van der Waals surface area (Å²) in [5.74, 6) is 0. The van der Waals surface area contributed by atoms with E-state index in [0.29, 0.717) is 11.2 Å². The van der Waals surface area contributed by atoms with Crippen molar-refractivity contribution in [3.8, 4) is 0 Å². The molecular weight excluding hydrogens is 168 g/mol. The molecule has 0 amide bonds. The Bertz CT molecular complexity index is 552. The Morgan fingerprint density at radius 2 is 2.31 bits per heavy atom. The molecule has 0 aromatic carbocycles. The molecule has 5 nitrogen and oxygen atoms in total. The molecule has 62 valence electrons. The van der Waals surface area contributed by atoms with Crippen LogP contribution in [0, 0.1) is 6.57 Å². The lowest BCUT2D eigenvalue weighted by atomic mass is 10.3. The third-order valence-corrected chi connectivity index (χ3v) is 1.60. The molecule has 0 saturated carbocycles. The number of hydrogen-bond acceptors (Lipinski definition) is 3. The first-order valence-corrected chi connectivity index (χ1v) is 3.52. The van der Waals surface area contributed by atoms with Crippen LogP contribution in [-0.4, -0.2) is 15.0 Å². The van der Waals surface area contributed by atoms with E-state index in [9.17, 15) is 4.79 Å². The van der Waals surface area contributed by atoms with E-state index in [-0.39, 0.29) is 11.1 Å². The van der Waals surface area contributed by atoms with Crippen LogP contribution < -0.4 is 5.56 Å². The summed E-state index contributed by atoms with van der Waals surface area (Å²) in [7, 11) is 0. The first-order valence-electron chi connectivity index (χ1n) is 3.52. The average Bonchev–Trinajstić information content (AvgIpc) is 2.18. The fraction of sp³-hybridized carbons (Fsp3) is 0. The van der Waals surface area contributed by atoms with E-state index in [2.05, 4.69) is 19.8 Å². The normalized spacial score (nSPS) is 9.77. The Labute approximate surface area is 72.9 Å². The molecule has 0 aliphatic heterocycles. The van der Waals surface area contributed by atoms with E-state index in [1.165, 1.54) is 18.6 Å². The largest absolute Gasteiger partial charge is 0.311 e. The standard InChI is InChI=1S/C8H4N4O/c1-9-5-2-6-7(10-3-5)8(13)12-4-11-6/h2-4H,(H,11,12,13). The second-order valence-electron chi connectivity index (χ2n) is 2.40. The summed E-state index contributed by atoms with van der Waals surface area (Å²) < 4.78 is 0. The molecule has 0 radical (unpaired) electrons. The van der Waals surface area contributed by atoms with Crippen molar-refractivity contribution in [3.05, 3.63) is 40.4 Å². The number of rotatable bonds is 0. The first kappa shape index (κ1) is 7.43. The Morgan fingerprint density at radius 3 is 3.08 bits per heavy atom. The van der Waals surface area contributed by atoms with E-state index in [1.807, 2.05) is 0 Å². The van der Waals surface area contributed by atoms with Gasteiger partial charge < -0.3 is 4.98 Å². The highest BCUT2D eigenvalue weighted by molar-refractivity contribution is 5.76. The Hall–Kier alpha value is -2.22. The van der Waals surface area contributed by atoms with Gasteiger partial charge in [-0.25, -0.2) is 9.83 Å². The number of nitrogens with zero attached hydrogens (tertiary/aromatic N) is 3. The number of H-pyrrole nitrogens is 1. The summed E-state index contributed by atoms with van der Waals surface area (Å²) in [6.45, 7) is 6.74. The third kappa shape index (κ3) is 1.14. The van der Waals surface area contributed by atoms with Crippen LogP contribution in [0.15, 0.2) is 23.4 Å². The highest BCUT2D eigenvalue weighted by atomic mass is 16.1. The van der Waals surface area contributed by atoms with Gasteiger partial charge >= 0.3 is 0 Å². The van der Waals surface area contributed by atoms with Crippen LogP contribution in [-0.2, 0) is 0 Å². The van der Waals surface area contributed by atoms with Gasteiger partial charge in [0.15, 0.2) is 5.52 Å². The van der Waals surface area contributed by atoms with Gasteiger partial charge in [-0.05, 0) is 6.07 Å². The molecule has 0 aliphatic rings. The van der Waals surface area contributed by atoms with Crippen LogP contribution in [0.4, 0.5) is 5.69 Å². The molecule has 0 unspecified atom stereocenters. The summed E-state index contributed by atoms with van der Waals surface area (Å²) in [5.41, 5.74) is 0.791. The monoisotopic (exact) mass is 172 g/mol. The van der Waals surface area contributed by atoms with Crippen LogP contribution in [0.2, 0.25) is 0 Å². The summed E-state index contributed by atoms with van der Waals surface area (Å²) in [5, 5.41) is 0. The lowest BCUT2D eigenvalue weighted by Gasteiger charge is -1.93. The number of aromatic nitrogens is 3.